The molecule has 2 aliphatic carbocycles. The lowest BCUT2D eigenvalue weighted by Crippen LogP contribution is -2.15. The Labute approximate surface area is 486 Å². The minimum atomic E-state index is -0.252. The highest BCUT2D eigenvalue weighted by Crippen LogP contribution is 2.55. The molecule has 0 bridgehead atoms. The Kier molecular flexibility index (Phi) is 10.6. The smallest absolute Gasteiger partial charge is 0.164 e. The van der Waals surface area contributed by atoms with Crippen LogP contribution in [0.1, 0.15) is 61.1 Å². The topological polar surface area (TPSA) is 96.1 Å². The van der Waals surface area contributed by atoms with Crippen molar-refractivity contribution in [2.75, 3.05) is 0 Å². The second-order valence-corrected chi connectivity index (χ2v) is 23.3. The van der Waals surface area contributed by atoms with Gasteiger partial charge in [0.25, 0.3) is 0 Å². The fourth-order valence-electron chi connectivity index (χ4n) is 14.2. The first kappa shape index (κ1) is 48.9. The molecule has 7 nitrogen and oxygen atoms in total. The van der Waals surface area contributed by atoms with Crippen LogP contribution in [0.25, 0.3) is 134 Å². The van der Waals surface area contributed by atoms with Crippen molar-refractivity contribution < 1.29 is 0 Å². The molecule has 0 N–H and O–H groups in total. The first-order valence-electron chi connectivity index (χ1n) is 28.5. The van der Waals surface area contributed by atoms with E-state index in [0.717, 1.165) is 72.4 Å². The number of hydrogen-bond donors (Lipinski definition) is 0. The van der Waals surface area contributed by atoms with Gasteiger partial charge in [0.05, 0.1) is 56.7 Å². The zero-order valence-corrected chi connectivity index (χ0v) is 46.6. The van der Waals surface area contributed by atoms with E-state index in [1.165, 1.54) is 66.1 Å². The molecule has 0 saturated carbocycles. The van der Waals surface area contributed by atoms with Gasteiger partial charge in [-0.25, -0.2) is 15.0 Å². The molecule has 0 radical (unpaired) electrons. The van der Waals surface area contributed by atoms with E-state index >= 15 is 0 Å². The van der Waals surface area contributed by atoms with Gasteiger partial charge < -0.3 is 9.13 Å². The summed E-state index contributed by atoms with van der Waals surface area (Å²) in [7, 11) is 0. The molecule has 11 aromatic carbocycles. The monoisotopic (exact) mass is 1070 g/mol. The molecule has 7 heteroatoms. The van der Waals surface area contributed by atoms with Crippen molar-refractivity contribution in [3.8, 4) is 102 Å². The van der Waals surface area contributed by atoms with Crippen LogP contribution in [0.15, 0.2) is 237 Å². The Morgan fingerprint density at radius 2 is 0.690 bits per heavy atom. The summed E-state index contributed by atoms with van der Waals surface area (Å²) in [5, 5.41) is 24.7. The highest BCUT2D eigenvalue weighted by molar-refractivity contribution is 6.16. The molecule has 0 atom stereocenters. The van der Waals surface area contributed by atoms with Crippen LogP contribution in [0.4, 0.5) is 0 Å². The number of aromatic nitrogens is 5. The summed E-state index contributed by atoms with van der Waals surface area (Å²) in [6.07, 6.45) is 0. The second-order valence-electron chi connectivity index (χ2n) is 23.3. The molecule has 14 aromatic rings. The number of para-hydroxylation sites is 2. The Balaban J connectivity index is 0.939. The maximum absolute atomic E-state index is 9.92. The molecule has 0 fully saturated rings. The molecule has 0 aliphatic heterocycles. The normalized spacial score (nSPS) is 13.4. The van der Waals surface area contributed by atoms with Gasteiger partial charge in [0, 0.05) is 60.2 Å². The average Bonchev–Trinajstić information content (AvgIpc) is 1.68. The number of rotatable bonds is 7. The van der Waals surface area contributed by atoms with Gasteiger partial charge in [-0.2, -0.15) is 10.5 Å². The van der Waals surface area contributed by atoms with E-state index in [1.54, 1.807) is 0 Å². The third-order valence-corrected chi connectivity index (χ3v) is 18.0. The Bertz CT molecular complexity index is 4890. The standard InChI is InChI=1S/C77H51N7/c1-76(2)61-22-12-8-18-55(61)57-38-40-65-69(71(57)76)59-20-10-14-24-63(59)83(65)67-42-51(34-36-53(67)48-30-26-46(44-78)27-31-48)74-80-73(50-16-6-5-7-17-50)81-75(82-74)52-35-37-54(49-32-28-47(45-79)29-33-49)68(43-52)84-64-25-15-11-21-60(64)70-66(84)41-39-58-56-19-9-13-23-62(56)77(3,4)72(58)70/h5-43H,1-4H3. The van der Waals surface area contributed by atoms with Crippen molar-refractivity contribution in [3.63, 3.8) is 0 Å². The molecule has 3 aromatic heterocycles. The number of benzene rings is 11. The minimum Gasteiger partial charge on any atom is -0.309 e. The third kappa shape index (κ3) is 7.13. The van der Waals surface area contributed by atoms with E-state index in [9.17, 15) is 10.5 Å². The molecular weight excluding hydrogens is 1020 g/mol. The molecule has 0 saturated heterocycles. The molecule has 16 rings (SSSR count). The summed E-state index contributed by atoms with van der Waals surface area (Å²) in [6.45, 7) is 9.41. The number of nitrogens with zero attached hydrogens (tertiary/aromatic N) is 7. The van der Waals surface area contributed by atoms with Gasteiger partial charge in [0.1, 0.15) is 0 Å². The van der Waals surface area contributed by atoms with Crippen molar-refractivity contribution >= 4 is 43.6 Å². The lowest BCUT2D eigenvalue weighted by atomic mass is 9.80. The number of fused-ring (bicyclic) bond motifs is 14. The maximum Gasteiger partial charge on any atom is 0.164 e. The van der Waals surface area contributed by atoms with Gasteiger partial charge in [0.15, 0.2) is 17.5 Å². The van der Waals surface area contributed by atoms with Crippen molar-refractivity contribution in [1.29, 1.82) is 10.5 Å². The highest BCUT2D eigenvalue weighted by atomic mass is 15.0. The SMILES string of the molecule is CC1(C)c2ccccc2-c2ccc3c(c21)c1ccccc1n3-c1cc(-c2nc(-c3ccccc3)nc(-c3ccc(-c4ccc(C#N)cc4)c(-n4c5ccccc5c5c6c(ccc54)-c4ccccc4C6(C)C)c3)n2)ccc1-c1ccc(C#N)cc1. The Hall–Kier alpha value is -11.0. The summed E-state index contributed by atoms with van der Waals surface area (Å²) in [6, 6.07) is 87.9. The summed E-state index contributed by atoms with van der Waals surface area (Å²) in [5.41, 5.74) is 23.8. The van der Waals surface area contributed by atoms with Crippen LogP contribution in [0, 0.1) is 22.7 Å². The van der Waals surface area contributed by atoms with Gasteiger partial charge in [-0.05, 0) is 116 Å². The maximum atomic E-state index is 9.92. The van der Waals surface area contributed by atoms with Crippen LogP contribution in [-0.4, -0.2) is 24.1 Å². The van der Waals surface area contributed by atoms with Crippen molar-refractivity contribution in [1.82, 2.24) is 24.1 Å². The fraction of sp³-hybridized carbons (Fsp3) is 0.0779. The molecule has 3 heterocycles. The molecule has 0 unspecified atom stereocenters. The van der Waals surface area contributed by atoms with E-state index in [-0.39, 0.29) is 10.8 Å². The van der Waals surface area contributed by atoms with Crippen LogP contribution < -0.4 is 0 Å². The van der Waals surface area contributed by atoms with Crippen LogP contribution in [0.5, 0.6) is 0 Å². The van der Waals surface area contributed by atoms with Crippen LogP contribution >= 0.6 is 0 Å². The molecule has 0 spiro atoms. The zero-order chi connectivity index (χ0) is 56.6. The lowest BCUT2D eigenvalue weighted by molar-refractivity contribution is 0.666. The van der Waals surface area contributed by atoms with E-state index < -0.39 is 0 Å². The molecule has 394 valence electrons. The molecule has 0 amide bonds. The average molecular weight is 1070 g/mol. The second kappa shape index (κ2) is 18.3. The van der Waals surface area contributed by atoms with Crippen molar-refractivity contribution in [3.05, 3.63) is 270 Å². The first-order chi connectivity index (χ1) is 41.1. The lowest BCUT2D eigenvalue weighted by Gasteiger charge is -2.23. The van der Waals surface area contributed by atoms with Crippen LogP contribution in [0.2, 0.25) is 0 Å². The summed E-state index contributed by atoms with van der Waals surface area (Å²) in [4.78, 5) is 16.2. The third-order valence-electron chi connectivity index (χ3n) is 18.0. The van der Waals surface area contributed by atoms with Gasteiger partial charge >= 0.3 is 0 Å². The van der Waals surface area contributed by atoms with Crippen molar-refractivity contribution in [2.24, 2.45) is 0 Å². The minimum absolute atomic E-state index is 0.252. The Morgan fingerprint density at radius 3 is 1.13 bits per heavy atom. The number of hydrogen-bond acceptors (Lipinski definition) is 5. The molecular formula is C77H51N7. The van der Waals surface area contributed by atoms with Gasteiger partial charge in [-0.1, -0.05) is 204 Å². The summed E-state index contributed by atoms with van der Waals surface area (Å²) < 4.78 is 4.83. The van der Waals surface area contributed by atoms with E-state index in [1.807, 2.05) is 78.9 Å². The van der Waals surface area contributed by atoms with E-state index in [2.05, 4.69) is 207 Å². The predicted octanol–water partition coefficient (Wildman–Crippen LogP) is 18.8. The van der Waals surface area contributed by atoms with E-state index in [4.69, 9.17) is 15.0 Å². The van der Waals surface area contributed by atoms with Gasteiger partial charge in [0.2, 0.25) is 0 Å². The molecule has 84 heavy (non-hydrogen) atoms. The largest absolute Gasteiger partial charge is 0.309 e. The van der Waals surface area contributed by atoms with Crippen molar-refractivity contribution in [2.45, 2.75) is 38.5 Å². The summed E-state index contributed by atoms with van der Waals surface area (Å²) >= 11 is 0. The zero-order valence-electron chi connectivity index (χ0n) is 46.6. The predicted molar refractivity (Wildman–Crippen MR) is 340 cm³/mol. The van der Waals surface area contributed by atoms with Crippen LogP contribution in [-0.2, 0) is 10.8 Å². The number of nitriles is 2. The fourth-order valence-corrected chi connectivity index (χ4v) is 14.2. The van der Waals surface area contributed by atoms with Crippen LogP contribution in [0.3, 0.4) is 0 Å². The highest BCUT2D eigenvalue weighted by Gasteiger charge is 2.40. The van der Waals surface area contributed by atoms with Gasteiger partial charge in [-0.15, -0.1) is 0 Å². The first-order valence-corrected chi connectivity index (χ1v) is 28.5. The van der Waals surface area contributed by atoms with Gasteiger partial charge in [-0.3, -0.25) is 0 Å². The van der Waals surface area contributed by atoms with E-state index in [0.29, 0.717) is 28.6 Å². The molecule has 2 aliphatic rings. The summed E-state index contributed by atoms with van der Waals surface area (Å²) in [5.74, 6) is 1.60. The quantitative estimate of drug-likeness (QED) is 0.158. The Morgan fingerprint density at radius 1 is 0.321 bits per heavy atom.